The van der Waals surface area contributed by atoms with Crippen LogP contribution in [0.3, 0.4) is 0 Å². The second-order valence-electron chi connectivity index (χ2n) is 8.39. The molecule has 0 N–H and O–H groups in total. The van der Waals surface area contributed by atoms with E-state index in [1.165, 1.54) is 38.5 Å². The van der Waals surface area contributed by atoms with Gasteiger partial charge in [0, 0.05) is 26.8 Å². The first-order valence-corrected chi connectivity index (χ1v) is 8.97. The molecule has 21 heavy (non-hydrogen) atoms. The minimum absolute atomic E-state index is 0.0584. The number of carbonyl (C=O) groups excluding carboxylic acids is 1. The largest absolute Gasteiger partial charge is 0.384 e. The molecule has 0 atom stereocenters. The molecule has 4 bridgehead atoms. The minimum Gasteiger partial charge on any atom is -0.384 e. The average Bonchev–Trinajstić information content (AvgIpc) is 2.46. The third kappa shape index (κ3) is 2.42. The Balaban J connectivity index is 1.43. The molecular formula is C18H29NO2. The quantitative estimate of drug-likeness (QED) is 0.799. The third-order valence-corrected chi connectivity index (χ3v) is 6.80. The molecule has 0 spiro atoms. The summed E-state index contributed by atoms with van der Waals surface area (Å²) in [7, 11) is 1.78. The zero-order valence-corrected chi connectivity index (χ0v) is 13.4. The summed E-state index contributed by atoms with van der Waals surface area (Å²) in [5.74, 6) is 3.79. The highest BCUT2D eigenvalue weighted by Gasteiger charge is 2.55. The van der Waals surface area contributed by atoms with Gasteiger partial charge in [0.15, 0.2) is 0 Å². The molecule has 5 fully saturated rings. The molecular weight excluding hydrogens is 262 g/mol. The van der Waals surface area contributed by atoms with Gasteiger partial charge in [-0.2, -0.15) is 0 Å². The van der Waals surface area contributed by atoms with Crippen molar-refractivity contribution in [2.45, 2.75) is 51.4 Å². The van der Waals surface area contributed by atoms with Crippen molar-refractivity contribution in [1.29, 1.82) is 0 Å². The van der Waals surface area contributed by atoms with Gasteiger partial charge in [-0.3, -0.25) is 4.79 Å². The predicted octanol–water partition coefficient (Wildman–Crippen LogP) is 3.09. The molecule has 4 aliphatic carbocycles. The molecule has 1 aliphatic heterocycles. The van der Waals surface area contributed by atoms with Gasteiger partial charge >= 0.3 is 0 Å². The number of ether oxygens (including phenoxy) is 1. The van der Waals surface area contributed by atoms with E-state index in [1.807, 2.05) is 0 Å². The van der Waals surface area contributed by atoms with Crippen LogP contribution < -0.4 is 0 Å². The molecule has 5 aliphatic rings. The number of likely N-dealkylation sites (tertiary alicyclic amines) is 1. The summed E-state index contributed by atoms with van der Waals surface area (Å²) in [6.45, 7) is 2.79. The summed E-state index contributed by atoms with van der Waals surface area (Å²) in [5.41, 5.74) is 0.0584. The summed E-state index contributed by atoms with van der Waals surface area (Å²) in [4.78, 5) is 15.4. The number of hydrogen-bond acceptors (Lipinski definition) is 2. The van der Waals surface area contributed by atoms with Gasteiger partial charge in [-0.05, 0) is 75.0 Å². The molecule has 1 saturated heterocycles. The zero-order valence-electron chi connectivity index (χ0n) is 13.4. The first-order chi connectivity index (χ1) is 10.2. The number of carbonyl (C=O) groups is 1. The number of hydrogen-bond donors (Lipinski definition) is 0. The number of piperidine rings is 1. The van der Waals surface area contributed by atoms with Gasteiger partial charge in [0.05, 0.1) is 5.41 Å². The summed E-state index contributed by atoms with van der Waals surface area (Å²) in [6, 6.07) is 0. The molecule has 3 nitrogen and oxygen atoms in total. The molecule has 1 amide bonds. The number of amides is 1. The fourth-order valence-corrected chi connectivity index (χ4v) is 6.25. The Kier molecular flexibility index (Phi) is 3.52. The third-order valence-electron chi connectivity index (χ3n) is 6.80. The van der Waals surface area contributed by atoms with Gasteiger partial charge in [-0.15, -0.1) is 0 Å². The van der Waals surface area contributed by atoms with Crippen LogP contribution in [0.1, 0.15) is 51.4 Å². The van der Waals surface area contributed by atoms with Crippen LogP contribution in [0.25, 0.3) is 0 Å². The van der Waals surface area contributed by atoms with Gasteiger partial charge in [0.1, 0.15) is 0 Å². The monoisotopic (exact) mass is 291 g/mol. The van der Waals surface area contributed by atoms with Crippen LogP contribution in [0.4, 0.5) is 0 Å². The lowest BCUT2D eigenvalue weighted by molar-refractivity contribution is -0.159. The second kappa shape index (κ2) is 5.26. The van der Waals surface area contributed by atoms with Crippen molar-refractivity contribution in [1.82, 2.24) is 4.90 Å². The van der Waals surface area contributed by atoms with Crippen molar-refractivity contribution < 1.29 is 9.53 Å². The van der Waals surface area contributed by atoms with E-state index >= 15 is 0 Å². The second-order valence-corrected chi connectivity index (χ2v) is 8.39. The molecule has 1 heterocycles. The first-order valence-electron chi connectivity index (χ1n) is 8.97. The van der Waals surface area contributed by atoms with Crippen molar-refractivity contribution in [3.05, 3.63) is 0 Å². The number of methoxy groups -OCH3 is 1. The Labute approximate surface area is 128 Å². The standard InChI is InChI=1S/C18H29NO2/c1-21-12-13-2-4-19(5-3-13)17(20)18-9-14-6-15(10-18)8-16(7-14)11-18/h13-16H,2-12H2,1H3. The van der Waals surface area contributed by atoms with Crippen LogP contribution >= 0.6 is 0 Å². The van der Waals surface area contributed by atoms with E-state index in [2.05, 4.69) is 4.90 Å². The fraction of sp³-hybridized carbons (Fsp3) is 0.944. The SMILES string of the molecule is COCC1CCN(C(=O)C23CC4CC(CC(C4)C2)C3)CC1. The van der Waals surface area contributed by atoms with E-state index < -0.39 is 0 Å². The molecule has 3 heteroatoms. The number of nitrogens with zero attached hydrogens (tertiary/aromatic N) is 1. The summed E-state index contributed by atoms with van der Waals surface area (Å²) in [6.07, 6.45) is 10.1. The van der Waals surface area contributed by atoms with Crippen LogP contribution in [0.2, 0.25) is 0 Å². The molecule has 0 aromatic heterocycles. The van der Waals surface area contributed by atoms with Crippen LogP contribution in [-0.2, 0) is 9.53 Å². The first kappa shape index (κ1) is 14.0. The molecule has 5 rings (SSSR count). The molecule has 118 valence electrons. The Morgan fingerprint density at radius 1 is 1.05 bits per heavy atom. The van der Waals surface area contributed by atoms with E-state index in [4.69, 9.17) is 4.74 Å². The van der Waals surface area contributed by atoms with Crippen molar-refractivity contribution in [3.8, 4) is 0 Å². The van der Waals surface area contributed by atoms with Gasteiger partial charge in [0.2, 0.25) is 5.91 Å². The van der Waals surface area contributed by atoms with E-state index in [9.17, 15) is 4.79 Å². The Morgan fingerprint density at radius 3 is 2.05 bits per heavy atom. The van der Waals surface area contributed by atoms with E-state index in [1.54, 1.807) is 7.11 Å². The summed E-state index contributed by atoms with van der Waals surface area (Å²) < 4.78 is 5.27. The van der Waals surface area contributed by atoms with Crippen molar-refractivity contribution >= 4 is 5.91 Å². The summed E-state index contributed by atoms with van der Waals surface area (Å²) >= 11 is 0. The lowest BCUT2D eigenvalue weighted by Gasteiger charge is -2.57. The molecule has 0 unspecified atom stereocenters. The van der Waals surface area contributed by atoms with Crippen LogP contribution in [0.15, 0.2) is 0 Å². The maximum Gasteiger partial charge on any atom is 0.228 e. The van der Waals surface area contributed by atoms with Gasteiger partial charge in [0.25, 0.3) is 0 Å². The minimum atomic E-state index is 0.0584. The summed E-state index contributed by atoms with van der Waals surface area (Å²) in [5, 5.41) is 0. The Hall–Kier alpha value is -0.570. The van der Waals surface area contributed by atoms with Crippen LogP contribution in [-0.4, -0.2) is 37.6 Å². The highest BCUT2D eigenvalue weighted by molar-refractivity contribution is 5.83. The molecule has 0 radical (unpaired) electrons. The normalized spacial score (nSPS) is 42.5. The smallest absolute Gasteiger partial charge is 0.228 e. The topological polar surface area (TPSA) is 29.5 Å². The van der Waals surface area contributed by atoms with Crippen molar-refractivity contribution in [2.75, 3.05) is 26.8 Å². The zero-order chi connectivity index (χ0) is 14.4. The Morgan fingerprint density at radius 2 is 1.57 bits per heavy atom. The van der Waals surface area contributed by atoms with E-state index in [0.717, 1.165) is 50.3 Å². The highest BCUT2D eigenvalue weighted by Crippen LogP contribution is 2.60. The van der Waals surface area contributed by atoms with Gasteiger partial charge in [-0.25, -0.2) is 0 Å². The lowest BCUT2D eigenvalue weighted by Crippen LogP contribution is -2.55. The van der Waals surface area contributed by atoms with E-state index in [-0.39, 0.29) is 5.41 Å². The molecule has 4 saturated carbocycles. The van der Waals surface area contributed by atoms with Crippen LogP contribution in [0, 0.1) is 29.1 Å². The van der Waals surface area contributed by atoms with Gasteiger partial charge in [-0.1, -0.05) is 0 Å². The van der Waals surface area contributed by atoms with Crippen molar-refractivity contribution in [2.24, 2.45) is 29.1 Å². The fourth-order valence-electron chi connectivity index (χ4n) is 6.25. The number of rotatable bonds is 3. The predicted molar refractivity (Wildman–Crippen MR) is 81.8 cm³/mol. The van der Waals surface area contributed by atoms with E-state index in [0.29, 0.717) is 11.8 Å². The molecule has 0 aromatic carbocycles. The average molecular weight is 291 g/mol. The van der Waals surface area contributed by atoms with Crippen LogP contribution in [0.5, 0.6) is 0 Å². The molecule has 0 aromatic rings. The maximum atomic E-state index is 13.2. The lowest BCUT2D eigenvalue weighted by atomic mass is 9.49. The van der Waals surface area contributed by atoms with Gasteiger partial charge < -0.3 is 9.64 Å². The Bertz CT molecular complexity index is 376. The maximum absolute atomic E-state index is 13.2. The van der Waals surface area contributed by atoms with Crippen molar-refractivity contribution in [3.63, 3.8) is 0 Å². The highest BCUT2D eigenvalue weighted by atomic mass is 16.5.